The van der Waals surface area contributed by atoms with Crippen molar-refractivity contribution in [2.75, 3.05) is 18.1 Å². The minimum atomic E-state index is -1.29. The molecule has 158 valence electrons. The number of anilines is 1. The predicted octanol–water partition coefficient (Wildman–Crippen LogP) is 2.80. The molecule has 0 amide bonds. The van der Waals surface area contributed by atoms with Crippen molar-refractivity contribution in [2.45, 2.75) is 50.9 Å². The van der Waals surface area contributed by atoms with E-state index in [2.05, 4.69) is 30.0 Å². The lowest BCUT2D eigenvalue weighted by atomic mass is 9.99. The number of benzene rings is 2. The summed E-state index contributed by atoms with van der Waals surface area (Å²) in [5.74, 6) is -0.400. The lowest BCUT2D eigenvalue weighted by Crippen LogP contribution is -2.29. The molecule has 1 aliphatic rings. The molecular weight excluding hydrogens is 380 g/mol. The maximum atomic E-state index is 12.4. The van der Waals surface area contributed by atoms with Gasteiger partial charge in [-0.25, -0.2) is 0 Å². The predicted molar refractivity (Wildman–Crippen MR) is 117 cm³/mol. The van der Waals surface area contributed by atoms with Crippen molar-refractivity contribution >= 4 is 28.3 Å². The Bertz CT molecular complexity index is 979. The molecule has 3 N–H and O–H groups in total. The summed E-state index contributed by atoms with van der Waals surface area (Å²) >= 11 is 0. The average molecular weight is 408 g/mol. The smallest absolute Gasteiger partial charge is 0.173 e. The van der Waals surface area contributed by atoms with E-state index >= 15 is 0 Å². The molecule has 30 heavy (non-hydrogen) atoms. The number of aliphatic hydroxyl groups is 3. The number of allylic oxidation sites excluding steroid dienone is 1. The summed E-state index contributed by atoms with van der Waals surface area (Å²) in [5, 5.41) is 39.6. The Labute approximate surface area is 176 Å². The first-order valence-corrected chi connectivity index (χ1v) is 10.4. The molecule has 1 heterocycles. The molecule has 3 rings (SSSR count). The van der Waals surface area contributed by atoms with E-state index in [1.807, 2.05) is 24.3 Å². The Kier molecular flexibility index (Phi) is 7.22. The van der Waals surface area contributed by atoms with Gasteiger partial charge in [0.2, 0.25) is 0 Å². The lowest BCUT2D eigenvalue weighted by molar-refractivity contribution is -0.116. The highest BCUT2D eigenvalue weighted by molar-refractivity contribution is 6.04. The molecular formula is C24H28N2O4. The van der Waals surface area contributed by atoms with E-state index in [1.54, 1.807) is 6.08 Å². The van der Waals surface area contributed by atoms with Crippen molar-refractivity contribution in [3.05, 3.63) is 47.5 Å². The molecule has 3 unspecified atom stereocenters. The van der Waals surface area contributed by atoms with Crippen molar-refractivity contribution in [2.24, 2.45) is 0 Å². The van der Waals surface area contributed by atoms with Crippen LogP contribution in [0.15, 0.2) is 42.0 Å². The first-order valence-electron chi connectivity index (χ1n) is 10.4. The number of carbonyl (C=O) groups excluding carboxylic acids is 1. The van der Waals surface area contributed by atoms with Crippen LogP contribution in [-0.2, 0) is 4.79 Å². The van der Waals surface area contributed by atoms with Gasteiger partial charge in [0.05, 0.1) is 18.3 Å². The summed E-state index contributed by atoms with van der Waals surface area (Å²) in [6, 6.07) is 14.5. The quantitative estimate of drug-likeness (QED) is 0.458. The van der Waals surface area contributed by atoms with Gasteiger partial charge in [-0.1, -0.05) is 24.3 Å². The average Bonchev–Trinajstić information content (AvgIpc) is 3.19. The number of carbonyl (C=O) groups is 1. The molecule has 0 saturated carbocycles. The van der Waals surface area contributed by atoms with Gasteiger partial charge < -0.3 is 20.2 Å². The third kappa shape index (κ3) is 4.88. The molecule has 0 aromatic heterocycles. The molecule has 1 fully saturated rings. The van der Waals surface area contributed by atoms with Crippen LogP contribution in [0.5, 0.6) is 0 Å². The highest BCUT2D eigenvalue weighted by atomic mass is 16.4. The van der Waals surface area contributed by atoms with Crippen molar-refractivity contribution in [1.29, 1.82) is 5.26 Å². The molecule has 6 heteroatoms. The van der Waals surface area contributed by atoms with Gasteiger partial charge in [0.1, 0.15) is 12.2 Å². The number of rotatable bonds is 8. The van der Waals surface area contributed by atoms with Gasteiger partial charge in [-0.3, -0.25) is 4.79 Å². The summed E-state index contributed by atoms with van der Waals surface area (Å²) < 4.78 is 0. The van der Waals surface area contributed by atoms with Crippen LogP contribution in [-0.4, -0.2) is 52.5 Å². The van der Waals surface area contributed by atoms with E-state index in [0.717, 1.165) is 22.9 Å². The molecule has 1 aliphatic heterocycles. The fourth-order valence-electron chi connectivity index (χ4n) is 3.97. The zero-order valence-electron chi connectivity index (χ0n) is 17.2. The molecule has 0 radical (unpaired) electrons. The monoisotopic (exact) mass is 408 g/mol. The minimum Gasteiger partial charge on any atom is -0.394 e. The molecule has 3 atom stereocenters. The lowest BCUT2D eigenvalue weighted by Gasteiger charge is -2.25. The van der Waals surface area contributed by atoms with E-state index in [-0.39, 0.29) is 18.4 Å². The van der Waals surface area contributed by atoms with Crippen LogP contribution in [0, 0.1) is 11.3 Å². The van der Waals surface area contributed by atoms with Crippen LogP contribution in [0.2, 0.25) is 0 Å². The van der Waals surface area contributed by atoms with Gasteiger partial charge in [-0.2, -0.15) is 5.26 Å². The van der Waals surface area contributed by atoms with Gasteiger partial charge in [-0.05, 0) is 55.3 Å². The summed E-state index contributed by atoms with van der Waals surface area (Å²) in [6.07, 6.45) is 1.31. The van der Waals surface area contributed by atoms with Crippen molar-refractivity contribution < 1.29 is 20.1 Å². The third-order valence-corrected chi connectivity index (χ3v) is 5.78. The molecule has 0 bridgehead atoms. The highest BCUT2D eigenvalue weighted by Crippen LogP contribution is 2.33. The van der Waals surface area contributed by atoms with E-state index in [9.17, 15) is 20.3 Å². The second-order valence-electron chi connectivity index (χ2n) is 7.89. The minimum absolute atomic E-state index is 0.00654. The van der Waals surface area contributed by atoms with E-state index < -0.39 is 24.6 Å². The SMILES string of the molecule is CC1CCCN1c1cccc2ccc(/C=C(\C#N)C(=O)CCC(O)C(O)CO)cc12. The number of nitrogens with zero attached hydrogens (tertiary/aromatic N) is 2. The summed E-state index contributed by atoms with van der Waals surface area (Å²) in [6.45, 7) is 2.67. The van der Waals surface area contributed by atoms with Crippen LogP contribution in [0.3, 0.4) is 0 Å². The van der Waals surface area contributed by atoms with Crippen LogP contribution in [0.4, 0.5) is 5.69 Å². The van der Waals surface area contributed by atoms with Gasteiger partial charge >= 0.3 is 0 Å². The van der Waals surface area contributed by atoms with Crippen molar-refractivity contribution in [1.82, 2.24) is 0 Å². The fourth-order valence-corrected chi connectivity index (χ4v) is 3.97. The topological polar surface area (TPSA) is 105 Å². The Morgan fingerprint density at radius 1 is 1.30 bits per heavy atom. The van der Waals surface area contributed by atoms with Crippen molar-refractivity contribution in [3.63, 3.8) is 0 Å². The van der Waals surface area contributed by atoms with Gasteiger partial charge in [0.25, 0.3) is 0 Å². The Morgan fingerprint density at radius 2 is 2.10 bits per heavy atom. The van der Waals surface area contributed by atoms with Crippen LogP contribution < -0.4 is 4.90 Å². The zero-order chi connectivity index (χ0) is 21.7. The normalized spacial score (nSPS) is 19.0. The van der Waals surface area contributed by atoms with Crippen LogP contribution in [0.1, 0.15) is 38.2 Å². The Morgan fingerprint density at radius 3 is 2.77 bits per heavy atom. The van der Waals surface area contributed by atoms with Gasteiger partial charge in [0, 0.05) is 30.1 Å². The summed E-state index contributed by atoms with van der Waals surface area (Å²) in [5.41, 5.74) is 1.94. The van der Waals surface area contributed by atoms with Crippen LogP contribution >= 0.6 is 0 Å². The van der Waals surface area contributed by atoms with Gasteiger partial charge in [-0.15, -0.1) is 0 Å². The second kappa shape index (κ2) is 9.86. The molecule has 0 aliphatic carbocycles. The van der Waals surface area contributed by atoms with E-state index in [0.29, 0.717) is 6.04 Å². The number of ketones is 1. The largest absolute Gasteiger partial charge is 0.394 e. The number of fused-ring (bicyclic) bond motifs is 1. The first kappa shape index (κ1) is 22.0. The Hall–Kier alpha value is -2.72. The second-order valence-corrected chi connectivity index (χ2v) is 7.89. The van der Waals surface area contributed by atoms with Crippen LogP contribution in [0.25, 0.3) is 16.8 Å². The number of aliphatic hydroxyl groups excluding tert-OH is 3. The molecule has 0 spiro atoms. The molecule has 1 saturated heterocycles. The number of hydrogen-bond donors (Lipinski definition) is 3. The van der Waals surface area contributed by atoms with E-state index in [1.165, 1.54) is 18.5 Å². The van der Waals surface area contributed by atoms with E-state index in [4.69, 9.17) is 5.11 Å². The number of nitriles is 1. The maximum absolute atomic E-state index is 12.4. The maximum Gasteiger partial charge on any atom is 0.173 e. The van der Waals surface area contributed by atoms with Gasteiger partial charge in [0.15, 0.2) is 5.78 Å². The summed E-state index contributed by atoms with van der Waals surface area (Å²) in [7, 11) is 0. The molecule has 2 aromatic carbocycles. The first-order chi connectivity index (χ1) is 14.4. The zero-order valence-corrected chi connectivity index (χ0v) is 17.2. The fraction of sp³-hybridized carbons (Fsp3) is 0.417. The molecule has 2 aromatic rings. The van der Waals surface area contributed by atoms with Crippen molar-refractivity contribution in [3.8, 4) is 6.07 Å². The standard InChI is InChI=1S/C24H28N2O4/c1-16-4-3-11-26(16)21-6-2-5-18-8-7-17(13-20(18)21)12-19(14-25)22(28)9-10-23(29)24(30)15-27/h2,5-8,12-13,16,23-24,27,29-30H,3-4,9-11,15H2,1H3/b19-12+. The third-order valence-electron chi connectivity index (χ3n) is 5.78. The Balaban J connectivity index is 1.85. The number of Topliss-reactive ketones (excluding diaryl/α,β-unsaturated/α-hetero) is 1. The summed E-state index contributed by atoms with van der Waals surface area (Å²) in [4.78, 5) is 14.8. The molecule has 6 nitrogen and oxygen atoms in total. The number of hydrogen-bond acceptors (Lipinski definition) is 6. The highest BCUT2D eigenvalue weighted by Gasteiger charge is 2.22.